The van der Waals surface area contributed by atoms with E-state index in [-0.39, 0.29) is 12.0 Å². The molecule has 1 saturated heterocycles. The Balaban J connectivity index is 1.94. The summed E-state index contributed by atoms with van der Waals surface area (Å²) in [4.78, 5) is 11.8. The number of benzene rings is 1. The van der Waals surface area contributed by atoms with Crippen molar-refractivity contribution in [2.75, 3.05) is 13.2 Å². The molecule has 1 aromatic carbocycles. The molecule has 1 N–H and O–H groups in total. The number of halogens is 2. The van der Waals surface area contributed by atoms with Crippen LogP contribution in [0.5, 0.6) is 0 Å². The normalized spacial score (nSPS) is 19.3. The zero-order chi connectivity index (χ0) is 12.3. The molecule has 1 amide bonds. The number of hydrogen-bond acceptors (Lipinski definition) is 2. The molecule has 1 fully saturated rings. The van der Waals surface area contributed by atoms with Gasteiger partial charge in [0.15, 0.2) is 0 Å². The summed E-state index contributed by atoms with van der Waals surface area (Å²) in [6.45, 7) is 1.31. The summed E-state index contributed by atoms with van der Waals surface area (Å²) >= 11 is 11.7. The topological polar surface area (TPSA) is 38.3 Å². The van der Waals surface area contributed by atoms with Crippen LogP contribution in [-0.4, -0.2) is 25.2 Å². The SMILES string of the molecule is O=C(NC[C@@H]1CCCO1)c1ccc(Cl)cc1Cl. The van der Waals surface area contributed by atoms with E-state index in [4.69, 9.17) is 27.9 Å². The van der Waals surface area contributed by atoms with Crippen molar-refractivity contribution in [3.05, 3.63) is 33.8 Å². The predicted molar refractivity (Wildman–Crippen MR) is 67.8 cm³/mol. The van der Waals surface area contributed by atoms with Crippen LogP contribution in [0, 0.1) is 0 Å². The van der Waals surface area contributed by atoms with Gasteiger partial charge in [-0.2, -0.15) is 0 Å². The van der Waals surface area contributed by atoms with E-state index in [1.54, 1.807) is 18.2 Å². The molecule has 0 radical (unpaired) electrons. The molecule has 2 rings (SSSR count). The summed E-state index contributed by atoms with van der Waals surface area (Å²) in [5.41, 5.74) is 0.439. The summed E-state index contributed by atoms with van der Waals surface area (Å²) < 4.78 is 5.42. The van der Waals surface area contributed by atoms with E-state index in [2.05, 4.69) is 5.32 Å². The van der Waals surface area contributed by atoms with Crippen molar-refractivity contribution in [1.82, 2.24) is 5.32 Å². The fourth-order valence-corrected chi connectivity index (χ4v) is 2.28. The smallest absolute Gasteiger partial charge is 0.252 e. The van der Waals surface area contributed by atoms with Gasteiger partial charge in [0.1, 0.15) is 0 Å². The minimum atomic E-state index is -0.192. The molecule has 0 aromatic heterocycles. The van der Waals surface area contributed by atoms with Crippen molar-refractivity contribution in [3.8, 4) is 0 Å². The second-order valence-corrected chi connectivity index (χ2v) is 4.81. The molecule has 3 nitrogen and oxygen atoms in total. The third-order valence-electron chi connectivity index (χ3n) is 2.69. The predicted octanol–water partition coefficient (Wildman–Crippen LogP) is 2.90. The third-order valence-corrected chi connectivity index (χ3v) is 3.24. The van der Waals surface area contributed by atoms with Gasteiger partial charge >= 0.3 is 0 Å². The van der Waals surface area contributed by atoms with Gasteiger partial charge in [0.05, 0.1) is 16.7 Å². The molecule has 5 heteroatoms. The molecule has 0 saturated carbocycles. The second kappa shape index (κ2) is 5.71. The Hall–Kier alpha value is -0.770. The van der Waals surface area contributed by atoms with Gasteiger partial charge in [0, 0.05) is 18.2 Å². The van der Waals surface area contributed by atoms with E-state index in [0.29, 0.717) is 22.2 Å². The van der Waals surface area contributed by atoms with Crippen molar-refractivity contribution >= 4 is 29.1 Å². The van der Waals surface area contributed by atoms with Crippen LogP contribution >= 0.6 is 23.2 Å². The molecule has 0 bridgehead atoms. The molecular formula is C12H13Cl2NO2. The number of nitrogens with one attached hydrogen (secondary N) is 1. The number of ether oxygens (including phenoxy) is 1. The minimum absolute atomic E-state index is 0.130. The second-order valence-electron chi connectivity index (χ2n) is 3.97. The third kappa shape index (κ3) is 3.35. The van der Waals surface area contributed by atoms with Gasteiger partial charge in [-0.15, -0.1) is 0 Å². The van der Waals surface area contributed by atoms with Gasteiger partial charge in [-0.3, -0.25) is 4.79 Å². The van der Waals surface area contributed by atoms with Crippen molar-refractivity contribution in [2.24, 2.45) is 0 Å². The van der Waals surface area contributed by atoms with E-state index < -0.39 is 0 Å². The number of amides is 1. The first-order valence-electron chi connectivity index (χ1n) is 5.51. The maximum Gasteiger partial charge on any atom is 0.252 e. The van der Waals surface area contributed by atoms with Crippen LogP contribution in [0.2, 0.25) is 10.0 Å². The largest absolute Gasteiger partial charge is 0.376 e. The minimum Gasteiger partial charge on any atom is -0.376 e. The number of rotatable bonds is 3. The summed E-state index contributed by atoms with van der Waals surface area (Å²) in [7, 11) is 0. The Bertz CT molecular complexity index is 417. The average Bonchev–Trinajstić information content (AvgIpc) is 2.78. The molecule has 0 unspecified atom stereocenters. The molecule has 0 aliphatic carbocycles. The molecule has 1 heterocycles. The van der Waals surface area contributed by atoms with Crippen LogP contribution in [0.4, 0.5) is 0 Å². The molecule has 17 heavy (non-hydrogen) atoms. The average molecular weight is 274 g/mol. The first kappa shape index (κ1) is 12.7. The first-order chi connectivity index (χ1) is 8.16. The van der Waals surface area contributed by atoms with Crippen molar-refractivity contribution < 1.29 is 9.53 Å². The Morgan fingerprint density at radius 3 is 2.94 bits per heavy atom. The zero-order valence-corrected chi connectivity index (χ0v) is 10.7. The maximum absolute atomic E-state index is 11.8. The number of hydrogen-bond donors (Lipinski definition) is 1. The highest BCUT2D eigenvalue weighted by molar-refractivity contribution is 6.36. The quantitative estimate of drug-likeness (QED) is 0.920. The Kier molecular flexibility index (Phi) is 4.26. The highest BCUT2D eigenvalue weighted by Crippen LogP contribution is 2.21. The highest BCUT2D eigenvalue weighted by Gasteiger charge is 2.17. The van der Waals surface area contributed by atoms with Crippen LogP contribution in [-0.2, 0) is 4.74 Å². The van der Waals surface area contributed by atoms with E-state index in [9.17, 15) is 4.79 Å². The lowest BCUT2D eigenvalue weighted by Gasteiger charge is -2.11. The molecule has 92 valence electrons. The van der Waals surface area contributed by atoms with Gasteiger partial charge in [0.25, 0.3) is 5.91 Å². The van der Waals surface area contributed by atoms with E-state index in [0.717, 1.165) is 19.4 Å². The monoisotopic (exact) mass is 273 g/mol. The summed E-state index contributed by atoms with van der Waals surface area (Å²) in [5.74, 6) is -0.192. The number of carbonyl (C=O) groups excluding carboxylic acids is 1. The highest BCUT2D eigenvalue weighted by atomic mass is 35.5. The van der Waals surface area contributed by atoms with Crippen molar-refractivity contribution in [2.45, 2.75) is 18.9 Å². The molecule has 0 spiro atoms. The van der Waals surface area contributed by atoms with Gasteiger partial charge in [-0.1, -0.05) is 23.2 Å². The lowest BCUT2D eigenvalue weighted by Crippen LogP contribution is -2.31. The summed E-state index contributed by atoms with van der Waals surface area (Å²) in [6.07, 6.45) is 2.18. The fraction of sp³-hybridized carbons (Fsp3) is 0.417. The standard InChI is InChI=1S/C12H13Cl2NO2/c13-8-3-4-10(11(14)6-8)12(16)15-7-9-2-1-5-17-9/h3-4,6,9H,1-2,5,7H2,(H,15,16)/t9-/m0/s1. The van der Waals surface area contributed by atoms with Gasteiger partial charge in [0.2, 0.25) is 0 Å². The van der Waals surface area contributed by atoms with E-state index in [1.807, 2.05) is 0 Å². The fourth-order valence-electron chi connectivity index (χ4n) is 1.78. The van der Waals surface area contributed by atoms with Crippen LogP contribution in [0.1, 0.15) is 23.2 Å². The number of carbonyl (C=O) groups is 1. The molecule has 1 aromatic rings. The van der Waals surface area contributed by atoms with Gasteiger partial charge in [-0.05, 0) is 31.0 Å². The van der Waals surface area contributed by atoms with E-state index >= 15 is 0 Å². The van der Waals surface area contributed by atoms with Crippen LogP contribution in [0.25, 0.3) is 0 Å². The summed E-state index contributed by atoms with van der Waals surface area (Å²) in [6, 6.07) is 4.83. The van der Waals surface area contributed by atoms with Crippen molar-refractivity contribution in [3.63, 3.8) is 0 Å². The van der Waals surface area contributed by atoms with Crippen LogP contribution in [0.3, 0.4) is 0 Å². The van der Waals surface area contributed by atoms with Crippen LogP contribution in [0.15, 0.2) is 18.2 Å². The molecule has 1 aliphatic rings. The summed E-state index contributed by atoms with van der Waals surface area (Å²) in [5, 5.41) is 3.69. The zero-order valence-electron chi connectivity index (χ0n) is 9.21. The lowest BCUT2D eigenvalue weighted by molar-refractivity contribution is 0.0858. The Morgan fingerprint density at radius 2 is 2.29 bits per heavy atom. The van der Waals surface area contributed by atoms with Crippen molar-refractivity contribution in [1.29, 1.82) is 0 Å². The van der Waals surface area contributed by atoms with E-state index in [1.165, 1.54) is 0 Å². The van der Waals surface area contributed by atoms with Crippen LogP contribution < -0.4 is 5.32 Å². The molecular weight excluding hydrogens is 261 g/mol. The lowest BCUT2D eigenvalue weighted by atomic mass is 10.2. The van der Waals surface area contributed by atoms with Gasteiger partial charge in [-0.25, -0.2) is 0 Å². The first-order valence-corrected chi connectivity index (χ1v) is 6.27. The maximum atomic E-state index is 11.8. The molecule has 1 atom stereocenters. The Morgan fingerprint density at radius 1 is 1.47 bits per heavy atom. The Labute approximate surface area is 110 Å². The van der Waals surface area contributed by atoms with Gasteiger partial charge < -0.3 is 10.1 Å². The molecule has 1 aliphatic heterocycles.